The van der Waals surface area contributed by atoms with Gasteiger partial charge in [-0.15, -0.1) is 14.0 Å². The number of rotatable bonds is 3. The van der Waals surface area contributed by atoms with Crippen LogP contribution in [0.25, 0.3) is 0 Å². The number of nitrogens with two attached hydrogens (primary N) is 1. The van der Waals surface area contributed by atoms with Crippen LogP contribution in [0.1, 0.15) is 38.5 Å². The summed E-state index contributed by atoms with van der Waals surface area (Å²) >= 11 is 0. The molecule has 0 bridgehead atoms. The van der Waals surface area contributed by atoms with E-state index in [-0.39, 0.29) is 12.4 Å². The van der Waals surface area contributed by atoms with Crippen LogP contribution in [0.15, 0.2) is 0 Å². The Morgan fingerprint density at radius 3 is 1.00 bits per heavy atom. The van der Waals surface area contributed by atoms with Crippen LogP contribution in [0.2, 0.25) is 0 Å². The minimum absolute atomic E-state index is 0. The topological polar surface area (TPSA) is 35.7 Å². The van der Waals surface area contributed by atoms with Gasteiger partial charge in [-0.3, -0.25) is 0 Å². The SMILES string of the molecule is N[P+](N1CCCC1)(N1CCCC1)N1CCCC1.[Cl-]. The molecule has 0 aromatic heterocycles. The van der Waals surface area contributed by atoms with Crippen molar-refractivity contribution in [3.05, 3.63) is 0 Å². The highest BCUT2D eigenvalue weighted by Crippen LogP contribution is 2.63. The van der Waals surface area contributed by atoms with Gasteiger partial charge in [0.15, 0.2) is 0 Å². The predicted molar refractivity (Wildman–Crippen MR) is 73.5 cm³/mol. The molecule has 0 spiro atoms. The number of nitrogens with zero attached hydrogens (tertiary/aromatic N) is 3. The molecule has 0 amide bonds. The first kappa shape index (κ1) is 15.0. The zero-order valence-corrected chi connectivity index (χ0v) is 12.9. The maximum absolute atomic E-state index is 7.00. The Kier molecular flexibility index (Phi) is 5.27. The lowest BCUT2D eigenvalue weighted by atomic mass is 10.4. The summed E-state index contributed by atoms with van der Waals surface area (Å²) in [7, 11) is -1.61. The summed E-state index contributed by atoms with van der Waals surface area (Å²) in [6.45, 7) is 7.40. The van der Waals surface area contributed by atoms with Crippen LogP contribution in [0.5, 0.6) is 0 Å². The largest absolute Gasteiger partial charge is 1.00 e. The molecule has 3 fully saturated rings. The lowest BCUT2D eigenvalue weighted by molar-refractivity contribution is -0.00000402. The van der Waals surface area contributed by atoms with Gasteiger partial charge in [0, 0.05) is 39.3 Å². The summed E-state index contributed by atoms with van der Waals surface area (Å²) in [5, 5.41) is 0. The van der Waals surface area contributed by atoms with E-state index in [9.17, 15) is 0 Å². The van der Waals surface area contributed by atoms with Gasteiger partial charge in [0.2, 0.25) is 0 Å². The van der Waals surface area contributed by atoms with Crippen LogP contribution in [0.4, 0.5) is 0 Å². The van der Waals surface area contributed by atoms with Crippen molar-refractivity contribution in [2.45, 2.75) is 38.5 Å². The summed E-state index contributed by atoms with van der Waals surface area (Å²) in [6, 6.07) is 0. The Balaban J connectivity index is 0.00000120. The summed E-state index contributed by atoms with van der Waals surface area (Å²) < 4.78 is 7.93. The Bertz CT molecular complexity index is 220. The molecule has 0 saturated carbocycles. The molecular weight excluding hydrogens is 267 g/mol. The number of hydrogen-bond donors (Lipinski definition) is 1. The van der Waals surface area contributed by atoms with Crippen LogP contribution in [0, 0.1) is 0 Å². The minimum atomic E-state index is -1.61. The molecule has 2 N–H and O–H groups in total. The van der Waals surface area contributed by atoms with E-state index >= 15 is 0 Å². The lowest BCUT2D eigenvalue weighted by Crippen LogP contribution is -3.00. The molecule has 3 heterocycles. The quantitative estimate of drug-likeness (QED) is 0.671. The van der Waals surface area contributed by atoms with E-state index in [0.29, 0.717) is 0 Å². The van der Waals surface area contributed by atoms with E-state index in [1.807, 2.05) is 0 Å². The van der Waals surface area contributed by atoms with Gasteiger partial charge in [-0.25, -0.2) is 0 Å². The molecule has 18 heavy (non-hydrogen) atoms. The predicted octanol–water partition coefficient (Wildman–Crippen LogP) is -1.09. The van der Waals surface area contributed by atoms with Gasteiger partial charge in [0.1, 0.15) is 0 Å². The lowest BCUT2D eigenvalue weighted by Gasteiger charge is -2.40. The molecule has 4 nitrogen and oxygen atoms in total. The molecule has 0 aromatic rings. The van der Waals surface area contributed by atoms with Crippen LogP contribution < -0.4 is 17.9 Å². The highest BCUT2D eigenvalue weighted by molar-refractivity contribution is 7.66. The number of hydrogen-bond acceptors (Lipinski definition) is 4. The van der Waals surface area contributed by atoms with Gasteiger partial charge in [0.05, 0.1) is 0 Å². The molecule has 6 heteroatoms. The fraction of sp³-hybridized carbons (Fsp3) is 1.00. The van der Waals surface area contributed by atoms with Crippen LogP contribution in [-0.4, -0.2) is 53.3 Å². The molecule has 0 radical (unpaired) electrons. The van der Waals surface area contributed by atoms with Gasteiger partial charge in [-0.05, 0) is 38.5 Å². The van der Waals surface area contributed by atoms with E-state index in [1.54, 1.807) is 0 Å². The second-order valence-electron chi connectivity index (χ2n) is 5.60. The van der Waals surface area contributed by atoms with E-state index in [1.165, 1.54) is 77.8 Å². The molecule has 0 unspecified atom stereocenters. The number of halogens is 1. The highest BCUT2D eigenvalue weighted by Gasteiger charge is 2.55. The van der Waals surface area contributed by atoms with Crippen molar-refractivity contribution in [1.82, 2.24) is 14.0 Å². The second-order valence-corrected chi connectivity index (χ2v) is 8.52. The van der Waals surface area contributed by atoms with Crippen molar-refractivity contribution in [1.29, 1.82) is 0 Å². The van der Waals surface area contributed by atoms with Crippen molar-refractivity contribution in [3.8, 4) is 0 Å². The minimum Gasteiger partial charge on any atom is -1.00 e. The first-order chi connectivity index (χ1) is 8.32. The summed E-state index contributed by atoms with van der Waals surface area (Å²) in [5.41, 5.74) is 7.00. The third-order valence-corrected chi connectivity index (χ3v) is 8.19. The zero-order valence-electron chi connectivity index (χ0n) is 11.2. The monoisotopic (exact) mass is 292 g/mol. The van der Waals surface area contributed by atoms with Crippen molar-refractivity contribution < 1.29 is 12.4 Å². The maximum Gasteiger partial charge on any atom is 0.303 e. The summed E-state index contributed by atoms with van der Waals surface area (Å²) in [6.07, 6.45) is 8.09. The molecular formula is C12H26ClN4P. The van der Waals surface area contributed by atoms with E-state index in [2.05, 4.69) is 14.0 Å². The molecule has 0 atom stereocenters. The van der Waals surface area contributed by atoms with Crippen molar-refractivity contribution in [2.75, 3.05) is 39.3 Å². The van der Waals surface area contributed by atoms with Crippen LogP contribution >= 0.6 is 7.87 Å². The smallest absolute Gasteiger partial charge is 0.303 e. The molecule has 0 aromatic carbocycles. The molecule has 106 valence electrons. The Hall–Kier alpha value is 0.560. The second kappa shape index (κ2) is 6.34. The van der Waals surface area contributed by atoms with E-state index in [4.69, 9.17) is 5.50 Å². The Morgan fingerprint density at radius 2 is 0.778 bits per heavy atom. The van der Waals surface area contributed by atoms with Crippen LogP contribution in [-0.2, 0) is 0 Å². The normalized spacial score (nSPS) is 27.8. The standard InChI is InChI=1S/C12H26N4P.ClH/c13-17(14-7-1-2-8-14,15-9-3-4-10-15)16-11-5-6-12-16;/h1-13H2;1H/q+1;/p-1. The van der Waals surface area contributed by atoms with Gasteiger partial charge < -0.3 is 12.4 Å². The van der Waals surface area contributed by atoms with Gasteiger partial charge in [0.25, 0.3) is 0 Å². The first-order valence-electron chi connectivity index (χ1n) is 7.26. The highest BCUT2D eigenvalue weighted by atomic mass is 35.5. The average Bonchev–Trinajstić information content (AvgIpc) is 3.10. The Labute approximate surface area is 118 Å². The van der Waals surface area contributed by atoms with Gasteiger partial charge in [-0.2, -0.15) is 5.50 Å². The van der Waals surface area contributed by atoms with Crippen molar-refractivity contribution in [2.24, 2.45) is 5.50 Å². The van der Waals surface area contributed by atoms with E-state index in [0.717, 1.165) is 0 Å². The van der Waals surface area contributed by atoms with Crippen molar-refractivity contribution >= 4 is 7.87 Å². The van der Waals surface area contributed by atoms with Crippen molar-refractivity contribution in [3.63, 3.8) is 0 Å². The first-order valence-corrected chi connectivity index (χ1v) is 8.97. The third kappa shape index (κ3) is 2.56. The summed E-state index contributed by atoms with van der Waals surface area (Å²) in [5.74, 6) is 0. The average molecular weight is 293 g/mol. The molecule has 3 saturated heterocycles. The molecule has 0 aliphatic carbocycles. The molecule has 3 aliphatic rings. The fourth-order valence-corrected chi connectivity index (χ4v) is 7.21. The Morgan fingerprint density at radius 1 is 0.556 bits per heavy atom. The van der Waals surface area contributed by atoms with Crippen LogP contribution in [0.3, 0.4) is 0 Å². The maximum atomic E-state index is 7.00. The molecule has 3 rings (SSSR count). The molecule has 3 aliphatic heterocycles. The third-order valence-electron chi connectivity index (χ3n) is 4.50. The summed E-state index contributed by atoms with van der Waals surface area (Å²) in [4.78, 5) is 0. The van der Waals surface area contributed by atoms with E-state index < -0.39 is 7.87 Å². The van der Waals surface area contributed by atoms with Gasteiger partial charge >= 0.3 is 7.87 Å². The zero-order chi connectivity index (χ0) is 11.7. The van der Waals surface area contributed by atoms with Gasteiger partial charge in [-0.1, -0.05) is 0 Å². The fourth-order valence-electron chi connectivity index (χ4n) is 3.52.